The first kappa shape index (κ1) is 19.4. The van der Waals surface area contributed by atoms with E-state index in [0.717, 1.165) is 6.07 Å². The quantitative estimate of drug-likeness (QED) is 0.557. The number of anilines is 1. The van der Waals surface area contributed by atoms with Gasteiger partial charge in [0.1, 0.15) is 5.69 Å². The Morgan fingerprint density at radius 2 is 1.88 bits per heavy atom. The second kappa shape index (κ2) is 7.51. The van der Waals surface area contributed by atoms with Crippen molar-refractivity contribution in [1.29, 1.82) is 0 Å². The van der Waals surface area contributed by atoms with Crippen LogP contribution in [0.3, 0.4) is 0 Å². The summed E-state index contributed by atoms with van der Waals surface area (Å²) < 4.78 is 43.6. The molecule has 0 unspecified atom stereocenters. The fourth-order valence-corrected chi connectivity index (χ4v) is 2.55. The van der Waals surface area contributed by atoms with Crippen molar-refractivity contribution in [3.05, 3.63) is 52.3 Å². The molecule has 0 saturated heterocycles. The van der Waals surface area contributed by atoms with Gasteiger partial charge in [-0.3, -0.25) is 15.6 Å². The van der Waals surface area contributed by atoms with E-state index in [9.17, 15) is 22.8 Å². The predicted octanol–water partition coefficient (Wildman–Crippen LogP) is 3.45. The van der Waals surface area contributed by atoms with Crippen LogP contribution >= 0.6 is 0 Å². The van der Waals surface area contributed by atoms with Gasteiger partial charge < -0.3 is 9.72 Å². The van der Waals surface area contributed by atoms with Crippen LogP contribution in [0.4, 0.5) is 18.9 Å². The molecule has 0 saturated carbocycles. The maximum Gasteiger partial charge on any atom is 0.418 e. The molecule has 140 valence electrons. The Hall–Kier alpha value is -2.97. The molecule has 3 N–H and O–H groups in total. The number of ether oxygens (including phenoxy) is 1. The summed E-state index contributed by atoms with van der Waals surface area (Å²) in [5.74, 6) is -1.30. The maximum absolute atomic E-state index is 13.0. The summed E-state index contributed by atoms with van der Waals surface area (Å²) in [6.07, 6.45) is -4.12. The number of aromatic nitrogens is 1. The number of carbonyl (C=O) groups is 2. The lowest BCUT2D eigenvalue weighted by Gasteiger charge is -2.14. The lowest BCUT2D eigenvalue weighted by Crippen LogP contribution is -2.31. The maximum atomic E-state index is 13.0. The van der Waals surface area contributed by atoms with Crippen LogP contribution in [-0.2, 0) is 17.3 Å². The molecule has 2 rings (SSSR count). The van der Waals surface area contributed by atoms with Crippen LogP contribution in [-0.4, -0.2) is 24.0 Å². The molecular weight excluding hydrogens is 351 g/mol. The van der Waals surface area contributed by atoms with Crippen LogP contribution in [0, 0.1) is 6.92 Å². The van der Waals surface area contributed by atoms with Crippen molar-refractivity contribution in [2.45, 2.75) is 26.4 Å². The van der Waals surface area contributed by atoms with Crippen LogP contribution in [0.5, 0.6) is 0 Å². The number of benzene rings is 1. The monoisotopic (exact) mass is 369 g/mol. The van der Waals surface area contributed by atoms with E-state index >= 15 is 0 Å². The number of alkyl halides is 3. The van der Waals surface area contributed by atoms with Crippen LogP contribution in [0.25, 0.3) is 0 Å². The number of methoxy groups -OCH3 is 1. The van der Waals surface area contributed by atoms with Gasteiger partial charge in [0.2, 0.25) is 0 Å². The highest BCUT2D eigenvalue weighted by Gasteiger charge is 2.33. The number of carbonyl (C=O) groups excluding carboxylic acids is 2. The molecule has 0 atom stereocenters. The van der Waals surface area contributed by atoms with Gasteiger partial charge in [-0.1, -0.05) is 19.1 Å². The van der Waals surface area contributed by atoms with Crippen molar-refractivity contribution in [3.8, 4) is 0 Å². The van der Waals surface area contributed by atoms with E-state index in [1.165, 1.54) is 25.3 Å². The zero-order chi connectivity index (χ0) is 19.5. The molecule has 1 aromatic carbocycles. The fraction of sp³-hybridized carbons (Fsp3) is 0.294. The molecule has 0 bridgehead atoms. The number of aryl methyl sites for hydroxylation is 1. The molecule has 0 aliphatic rings. The first-order valence-corrected chi connectivity index (χ1v) is 7.73. The summed E-state index contributed by atoms with van der Waals surface area (Å²) >= 11 is 0. The minimum Gasteiger partial charge on any atom is -0.465 e. The lowest BCUT2D eigenvalue weighted by atomic mass is 10.1. The largest absolute Gasteiger partial charge is 0.465 e. The van der Waals surface area contributed by atoms with Gasteiger partial charge in [-0.2, -0.15) is 13.2 Å². The third-order valence-corrected chi connectivity index (χ3v) is 3.84. The summed E-state index contributed by atoms with van der Waals surface area (Å²) in [5.41, 5.74) is 4.48. The average molecular weight is 369 g/mol. The summed E-state index contributed by atoms with van der Waals surface area (Å²) in [7, 11) is 1.23. The van der Waals surface area contributed by atoms with E-state index in [-0.39, 0.29) is 16.9 Å². The molecule has 1 heterocycles. The van der Waals surface area contributed by atoms with Crippen LogP contribution in [0.1, 0.15) is 44.6 Å². The summed E-state index contributed by atoms with van der Waals surface area (Å²) in [6, 6.07) is 4.76. The van der Waals surface area contributed by atoms with E-state index in [1.54, 1.807) is 13.8 Å². The number of H-pyrrole nitrogens is 1. The van der Waals surface area contributed by atoms with E-state index in [1.807, 2.05) is 0 Å². The summed E-state index contributed by atoms with van der Waals surface area (Å²) in [4.78, 5) is 27.0. The Labute approximate surface area is 147 Å². The minimum atomic E-state index is -4.57. The molecule has 1 aromatic heterocycles. The first-order chi connectivity index (χ1) is 12.2. The highest BCUT2D eigenvalue weighted by Crippen LogP contribution is 2.34. The highest BCUT2D eigenvalue weighted by atomic mass is 19.4. The normalized spacial score (nSPS) is 11.2. The zero-order valence-corrected chi connectivity index (χ0v) is 14.4. The van der Waals surface area contributed by atoms with Gasteiger partial charge in [-0.25, -0.2) is 4.79 Å². The van der Waals surface area contributed by atoms with Crippen molar-refractivity contribution >= 4 is 17.6 Å². The summed E-state index contributed by atoms with van der Waals surface area (Å²) in [6.45, 7) is 3.34. The van der Waals surface area contributed by atoms with Crippen LogP contribution in [0.2, 0.25) is 0 Å². The molecule has 2 aromatic rings. The Balaban J connectivity index is 2.25. The van der Waals surface area contributed by atoms with E-state index in [4.69, 9.17) is 4.74 Å². The lowest BCUT2D eigenvalue weighted by molar-refractivity contribution is -0.137. The van der Waals surface area contributed by atoms with E-state index in [2.05, 4.69) is 15.8 Å². The molecule has 1 amide bonds. The van der Waals surface area contributed by atoms with Gasteiger partial charge in [0.05, 0.1) is 23.9 Å². The van der Waals surface area contributed by atoms with Crippen LogP contribution in [0.15, 0.2) is 24.3 Å². The number of esters is 1. The Kier molecular flexibility index (Phi) is 5.59. The number of halogens is 3. The first-order valence-electron chi connectivity index (χ1n) is 7.73. The molecule has 26 heavy (non-hydrogen) atoms. The number of amides is 1. The predicted molar refractivity (Wildman–Crippen MR) is 88.8 cm³/mol. The van der Waals surface area contributed by atoms with Crippen molar-refractivity contribution in [3.63, 3.8) is 0 Å². The number of nitrogens with one attached hydrogen (secondary N) is 3. The third-order valence-electron chi connectivity index (χ3n) is 3.84. The standard InChI is InChI=1S/C17H18F3N3O3/c1-4-11-13(16(25)26-3)9(2)14(21-11)15(24)23-22-12-8-6-5-7-10(12)17(18,19)20/h5-8,21-22H,4H2,1-3H3,(H,23,24). The van der Waals surface area contributed by atoms with Gasteiger partial charge in [0, 0.05) is 5.69 Å². The topological polar surface area (TPSA) is 83.2 Å². The molecule has 0 aliphatic heterocycles. The van der Waals surface area contributed by atoms with Crippen molar-refractivity contribution in [2.24, 2.45) is 0 Å². The molecular formula is C17H18F3N3O3. The van der Waals surface area contributed by atoms with Gasteiger partial charge in [-0.15, -0.1) is 0 Å². The minimum absolute atomic E-state index is 0.0687. The second-order valence-corrected chi connectivity index (χ2v) is 5.45. The Morgan fingerprint density at radius 3 is 2.46 bits per heavy atom. The Morgan fingerprint density at radius 1 is 1.23 bits per heavy atom. The zero-order valence-electron chi connectivity index (χ0n) is 14.4. The number of hydrogen-bond acceptors (Lipinski definition) is 4. The van der Waals surface area contributed by atoms with Crippen molar-refractivity contribution in [2.75, 3.05) is 12.5 Å². The molecule has 0 spiro atoms. The summed E-state index contributed by atoms with van der Waals surface area (Å²) in [5, 5.41) is 0. The smallest absolute Gasteiger partial charge is 0.418 e. The van der Waals surface area contributed by atoms with Crippen LogP contribution < -0.4 is 10.9 Å². The third kappa shape index (κ3) is 3.81. The fourth-order valence-electron chi connectivity index (χ4n) is 2.55. The molecule has 0 radical (unpaired) electrons. The Bertz CT molecular complexity index is 828. The highest BCUT2D eigenvalue weighted by molar-refractivity contribution is 6.00. The average Bonchev–Trinajstić information content (AvgIpc) is 2.95. The van der Waals surface area contributed by atoms with Crippen molar-refractivity contribution < 1.29 is 27.5 Å². The van der Waals surface area contributed by atoms with E-state index < -0.39 is 23.6 Å². The van der Waals surface area contributed by atoms with Gasteiger partial charge in [0.15, 0.2) is 0 Å². The molecule has 9 heteroatoms. The van der Waals surface area contributed by atoms with E-state index in [0.29, 0.717) is 17.7 Å². The van der Waals surface area contributed by atoms with Crippen molar-refractivity contribution in [1.82, 2.24) is 10.4 Å². The second-order valence-electron chi connectivity index (χ2n) is 5.45. The molecule has 6 nitrogen and oxygen atoms in total. The number of hydrazine groups is 1. The number of hydrogen-bond donors (Lipinski definition) is 3. The SMILES string of the molecule is CCc1[nH]c(C(=O)NNc2ccccc2C(F)(F)F)c(C)c1C(=O)OC. The number of rotatable bonds is 5. The number of aromatic amines is 1. The number of para-hydroxylation sites is 1. The van der Waals surface area contributed by atoms with Gasteiger partial charge >= 0.3 is 12.1 Å². The molecule has 0 aliphatic carbocycles. The van der Waals surface area contributed by atoms with Gasteiger partial charge in [-0.05, 0) is 31.0 Å². The van der Waals surface area contributed by atoms with Gasteiger partial charge in [0.25, 0.3) is 5.91 Å². The molecule has 0 fully saturated rings.